The van der Waals surface area contributed by atoms with Crippen LogP contribution in [0.5, 0.6) is 0 Å². The van der Waals surface area contributed by atoms with Crippen molar-refractivity contribution in [3.63, 3.8) is 0 Å². The van der Waals surface area contributed by atoms with Gasteiger partial charge in [-0.25, -0.2) is 12.7 Å². The van der Waals surface area contributed by atoms with Crippen LogP contribution in [-0.2, 0) is 16.4 Å². The third-order valence-electron chi connectivity index (χ3n) is 3.64. The van der Waals surface area contributed by atoms with Crippen molar-refractivity contribution in [1.82, 2.24) is 19.3 Å². The van der Waals surface area contributed by atoms with Gasteiger partial charge in [0.05, 0.1) is 22.3 Å². The molecule has 1 saturated heterocycles. The van der Waals surface area contributed by atoms with E-state index in [1.165, 1.54) is 17.6 Å². The minimum atomic E-state index is -3.09. The zero-order valence-electron chi connectivity index (χ0n) is 11.6. The summed E-state index contributed by atoms with van der Waals surface area (Å²) in [4.78, 5) is 13.9. The minimum Gasteiger partial charge on any atom is -0.257 e. The second kappa shape index (κ2) is 5.78. The van der Waals surface area contributed by atoms with E-state index in [1.54, 1.807) is 28.4 Å². The Hall–Kier alpha value is -1.38. The van der Waals surface area contributed by atoms with E-state index in [1.807, 2.05) is 0 Å². The quantitative estimate of drug-likeness (QED) is 0.850. The summed E-state index contributed by atoms with van der Waals surface area (Å²) in [5.41, 5.74) is 3.55. The summed E-state index contributed by atoms with van der Waals surface area (Å²) in [5, 5.41) is 0. The highest BCUT2D eigenvalue weighted by Crippen LogP contribution is 2.28. The van der Waals surface area contributed by atoms with Crippen LogP contribution in [0.2, 0.25) is 0 Å². The summed E-state index contributed by atoms with van der Waals surface area (Å²) in [6.45, 7) is 1.16. The summed E-state index contributed by atoms with van der Waals surface area (Å²) in [6.07, 6.45) is 8.02. The molecule has 0 N–H and O–H groups in total. The van der Waals surface area contributed by atoms with Gasteiger partial charge in [0, 0.05) is 31.7 Å². The summed E-state index contributed by atoms with van der Waals surface area (Å²) >= 11 is 1.53. The molecule has 1 fully saturated rings. The lowest BCUT2D eigenvalue weighted by atomic mass is 10.0. The number of aromatic nitrogens is 3. The monoisotopic (exact) mass is 324 g/mol. The Morgan fingerprint density at radius 1 is 1.38 bits per heavy atom. The molecule has 2 aromatic heterocycles. The largest absolute Gasteiger partial charge is 0.257 e. The number of hydrogen-bond acceptors (Lipinski definition) is 6. The standard InChI is InChI=1S/C13H16N4O2S2/c1-21(18,19)17-5-2-10(8-17)6-11-13(16-4-3-15-11)12-7-14-9-20-12/h3-4,7,9-10H,2,5-6,8H2,1H3/t10-/m1/s1. The highest BCUT2D eigenvalue weighted by atomic mass is 32.2. The molecule has 0 saturated carbocycles. The fraction of sp³-hybridized carbons (Fsp3) is 0.462. The first-order valence-electron chi connectivity index (χ1n) is 6.68. The van der Waals surface area contributed by atoms with Crippen molar-refractivity contribution < 1.29 is 8.42 Å². The van der Waals surface area contributed by atoms with Gasteiger partial charge in [-0.05, 0) is 18.8 Å². The maximum Gasteiger partial charge on any atom is 0.211 e. The molecule has 1 atom stereocenters. The van der Waals surface area contributed by atoms with E-state index in [2.05, 4.69) is 15.0 Å². The van der Waals surface area contributed by atoms with Gasteiger partial charge in [-0.3, -0.25) is 15.0 Å². The van der Waals surface area contributed by atoms with Crippen LogP contribution in [0.4, 0.5) is 0 Å². The Kier molecular flexibility index (Phi) is 4.01. The molecule has 1 aliphatic heterocycles. The third-order valence-corrected chi connectivity index (χ3v) is 5.69. The molecule has 0 radical (unpaired) electrons. The lowest BCUT2D eigenvalue weighted by molar-refractivity contribution is 0.459. The highest BCUT2D eigenvalue weighted by molar-refractivity contribution is 7.88. The predicted molar refractivity (Wildman–Crippen MR) is 81.4 cm³/mol. The number of sulfonamides is 1. The number of nitrogens with zero attached hydrogens (tertiary/aromatic N) is 4. The van der Waals surface area contributed by atoms with Crippen molar-refractivity contribution in [2.45, 2.75) is 12.8 Å². The molecule has 0 bridgehead atoms. The lowest BCUT2D eigenvalue weighted by Gasteiger charge is -2.13. The topological polar surface area (TPSA) is 76.1 Å². The number of thiazole rings is 1. The van der Waals surface area contributed by atoms with Gasteiger partial charge in [0.2, 0.25) is 10.0 Å². The van der Waals surface area contributed by atoms with Crippen LogP contribution < -0.4 is 0 Å². The van der Waals surface area contributed by atoms with E-state index in [4.69, 9.17) is 0 Å². The van der Waals surface area contributed by atoms with Gasteiger partial charge in [0.15, 0.2) is 0 Å². The molecule has 8 heteroatoms. The Morgan fingerprint density at radius 2 is 2.19 bits per heavy atom. The normalized spacial score (nSPS) is 20.0. The molecule has 0 spiro atoms. The summed E-state index contributed by atoms with van der Waals surface area (Å²) in [6, 6.07) is 0. The second-order valence-electron chi connectivity index (χ2n) is 5.20. The van der Waals surface area contributed by atoms with Crippen LogP contribution in [0.1, 0.15) is 12.1 Å². The zero-order valence-corrected chi connectivity index (χ0v) is 13.3. The van der Waals surface area contributed by atoms with Crippen molar-refractivity contribution in [3.05, 3.63) is 29.8 Å². The maximum absolute atomic E-state index is 11.6. The summed E-state index contributed by atoms with van der Waals surface area (Å²) in [7, 11) is -3.09. The third kappa shape index (κ3) is 3.28. The van der Waals surface area contributed by atoms with Gasteiger partial charge >= 0.3 is 0 Å². The van der Waals surface area contributed by atoms with Crippen molar-refractivity contribution >= 4 is 21.4 Å². The van der Waals surface area contributed by atoms with Crippen LogP contribution in [0.25, 0.3) is 10.6 Å². The molecule has 3 rings (SSSR count). The average molecular weight is 324 g/mol. The molecular weight excluding hydrogens is 308 g/mol. The zero-order chi connectivity index (χ0) is 14.9. The minimum absolute atomic E-state index is 0.295. The van der Waals surface area contributed by atoms with E-state index in [9.17, 15) is 8.42 Å². The maximum atomic E-state index is 11.6. The summed E-state index contributed by atoms with van der Waals surface area (Å²) in [5.74, 6) is 0.295. The number of hydrogen-bond donors (Lipinski definition) is 0. The molecule has 1 aliphatic rings. The Morgan fingerprint density at radius 3 is 2.86 bits per heavy atom. The van der Waals surface area contributed by atoms with Crippen molar-refractivity contribution in [2.24, 2.45) is 5.92 Å². The van der Waals surface area contributed by atoms with Gasteiger partial charge in [-0.2, -0.15) is 0 Å². The van der Waals surface area contributed by atoms with E-state index < -0.39 is 10.0 Å². The first kappa shape index (κ1) is 14.6. The van der Waals surface area contributed by atoms with Crippen LogP contribution in [0.15, 0.2) is 24.1 Å². The van der Waals surface area contributed by atoms with E-state index in [-0.39, 0.29) is 0 Å². The molecule has 6 nitrogen and oxygen atoms in total. The Labute approximate surface area is 127 Å². The molecule has 3 heterocycles. The van der Waals surface area contributed by atoms with Crippen molar-refractivity contribution in [2.75, 3.05) is 19.3 Å². The van der Waals surface area contributed by atoms with Crippen LogP contribution in [0.3, 0.4) is 0 Å². The Bertz CT molecular complexity index is 716. The van der Waals surface area contributed by atoms with Crippen LogP contribution >= 0.6 is 11.3 Å². The second-order valence-corrected chi connectivity index (χ2v) is 8.07. The molecule has 0 aliphatic carbocycles. The van der Waals surface area contributed by atoms with Gasteiger partial charge in [-0.1, -0.05) is 0 Å². The van der Waals surface area contributed by atoms with Crippen molar-refractivity contribution in [3.8, 4) is 10.6 Å². The molecular formula is C13H16N4O2S2. The molecule has 0 unspecified atom stereocenters. The molecule has 0 amide bonds. The van der Waals surface area contributed by atoms with Crippen LogP contribution in [0, 0.1) is 5.92 Å². The molecule has 21 heavy (non-hydrogen) atoms. The van der Waals surface area contributed by atoms with E-state index in [0.717, 1.165) is 29.1 Å². The first-order chi connectivity index (χ1) is 10.0. The van der Waals surface area contributed by atoms with Crippen LogP contribution in [-0.4, -0.2) is 47.0 Å². The average Bonchev–Trinajstić information content (AvgIpc) is 3.09. The summed E-state index contributed by atoms with van der Waals surface area (Å²) < 4.78 is 24.7. The predicted octanol–water partition coefficient (Wildman–Crippen LogP) is 1.42. The molecule has 0 aromatic carbocycles. The van der Waals surface area contributed by atoms with Gasteiger partial charge in [0.25, 0.3) is 0 Å². The van der Waals surface area contributed by atoms with E-state index in [0.29, 0.717) is 19.0 Å². The smallest absolute Gasteiger partial charge is 0.211 e. The SMILES string of the molecule is CS(=O)(=O)N1CC[C@H](Cc2nccnc2-c2cncs2)C1. The Balaban J connectivity index is 1.78. The van der Waals surface area contributed by atoms with Gasteiger partial charge < -0.3 is 0 Å². The van der Waals surface area contributed by atoms with E-state index >= 15 is 0 Å². The van der Waals surface area contributed by atoms with Crippen molar-refractivity contribution in [1.29, 1.82) is 0 Å². The number of rotatable bonds is 4. The first-order valence-corrected chi connectivity index (χ1v) is 9.40. The molecule has 112 valence electrons. The highest BCUT2D eigenvalue weighted by Gasteiger charge is 2.29. The fourth-order valence-corrected chi connectivity index (χ4v) is 4.15. The van der Waals surface area contributed by atoms with Gasteiger partial charge in [-0.15, -0.1) is 11.3 Å². The lowest BCUT2D eigenvalue weighted by Crippen LogP contribution is -2.27. The fourth-order valence-electron chi connectivity index (χ4n) is 2.59. The van der Waals surface area contributed by atoms with Gasteiger partial charge in [0.1, 0.15) is 5.69 Å². The molecule has 2 aromatic rings.